The van der Waals surface area contributed by atoms with Crippen molar-refractivity contribution in [3.8, 4) is 11.5 Å². The van der Waals surface area contributed by atoms with Crippen molar-refractivity contribution in [3.63, 3.8) is 0 Å². The Kier molecular flexibility index (Phi) is 12.8. The van der Waals surface area contributed by atoms with Crippen molar-refractivity contribution in [1.29, 1.82) is 0 Å². The Balaban J connectivity index is 1.39. The minimum absolute atomic E-state index is 0.0334. The molecule has 52 heavy (non-hydrogen) atoms. The highest BCUT2D eigenvalue weighted by Gasteiger charge is 2.23. The molecular weight excluding hydrogens is 679 g/mol. The molecule has 0 aliphatic rings. The molecule has 0 radical (unpaired) electrons. The molecule has 5 aromatic rings. The molecule has 0 bridgehead atoms. The predicted octanol–water partition coefficient (Wildman–Crippen LogP) is 7.76. The van der Waals surface area contributed by atoms with Crippen molar-refractivity contribution >= 4 is 52.9 Å². The highest BCUT2D eigenvalue weighted by Crippen LogP contribution is 2.37. The lowest BCUT2D eigenvalue weighted by atomic mass is 10.1. The third kappa shape index (κ3) is 9.67. The molecule has 3 N–H and O–H groups in total. The Bertz CT molecular complexity index is 2050. The number of nitrogens with one attached hydrogen (secondary N) is 3. The molecule has 10 nitrogen and oxygen atoms in total. The fraction of sp³-hybridized carbons (Fsp3) is 0.122. The Morgan fingerprint density at radius 1 is 0.712 bits per heavy atom. The number of carbonyl (C=O) groups is 4. The number of hydrogen-bond acceptors (Lipinski definition) is 8. The lowest BCUT2D eigenvalue weighted by molar-refractivity contribution is -0.116. The first-order chi connectivity index (χ1) is 25.3. The van der Waals surface area contributed by atoms with Crippen molar-refractivity contribution < 1.29 is 33.4 Å². The van der Waals surface area contributed by atoms with Gasteiger partial charge in [0.1, 0.15) is 10.9 Å². The summed E-state index contributed by atoms with van der Waals surface area (Å²) in [7, 11) is 3.00. The van der Waals surface area contributed by atoms with E-state index in [1.807, 2.05) is 36.4 Å². The van der Waals surface area contributed by atoms with Crippen LogP contribution in [0.4, 0.5) is 11.4 Å². The van der Waals surface area contributed by atoms with E-state index in [1.54, 1.807) is 97.9 Å². The van der Waals surface area contributed by atoms with E-state index in [4.69, 9.17) is 14.2 Å². The van der Waals surface area contributed by atoms with Gasteiger partial charge < -0.3 is 30.2 Å². The van der Waals surface area contributed by atoms with Crippen LogP contribution in [0, 0.1) is 0 Å². The van der Waals surface area contributed by atoms with Gasteiger partial charge in [-0.15, -0.1) is 11.8 Å². The summed E-state index contributed by atoms with van der Waals surface area (Å²) in [6.07, 6.45) is 1.52. The van der Waals surface area contributed by atoms with Gasteiger partial charge in [0, 0.05) is 27.4 Å². The number of hydrogen-bond donors (Lipinski definition) is 3. The monoisotopic (exact) mass is 715 g/mol. The number of para-hydroxylation sites is 1. The van der Waals surface area contributed by atoms with Crippen LogP contribution >= 0.6 is 11.8 Å². The second-order valence-corrected chi connectivity index (χ2v) is 12.3. The van der Waals surface area contributed by atoms with Crippen molar-refractivity contribution in [2.75, 3.05) is 31.5 Å². The predicted molar refractivity (Wildman–Crippen MR) is 203 cm³/mol. The standard InChI is InChI=1S/C41H37N3O7S/c1-4-51-41(48)29-21-23-31(24-22-29)42-40(47)37(27-13-7-5-8-14-27)52-33-19-12-18-32(26-33)43-39(46)34(44-38(45)28-15-9-6-10-16-28)25-30-17-11-20-35(49-2)36(30)50-3/h5-26,37H,4H2,1-3H3,(H,42,47)(H,43,46)(H,44,45)/b34-25+. The quantitative estimate of drug-likeness (QED) is 0.0604. The lowest BCUT2D eigenvalue weighted by Gasteiger charge is -2.18. The molecule has 0 saturated heterocycles. The van der Waals surface area contributed by atoms with Gasteiger partial charge >= 0.3 is 5.97 Å². The highest BCUT2D eigenvalue weighted by molar-refractivity contribution is 8.00. The van der Waals surface area contributed by atoms with E-state index in [1.165, 1.54) is 32.1 Å². The van der Waals surface area contributed by atoms with Crippen LogP contribution in [-0.4, -0.2) is 44.5 Å². The summed E-state index contributed by atoms with van der Waals surface area (Å²) in [6.45, 7) is 2.00. The summed E-state index contributed by atoms with van der Waals surface area (Å²) in [5.41, 5.74) is 2.96. The van der Waals surface area contributed by atoms with Gasteiger partial charge in [0.2, 0.25) is 5.91 Å². The highest BCUT2D eigenvalue weighted by atomic mass is 32.2. The average molecular weight is 716 g/mol. The topological polar surface area (TPSA) is 132 Å². The van der Waals surface area contributed by atoms with E-state index >= 15 is 0 Å². The number of benzene rings is 5. The molecule has 0 aliphatic heterocycles. The molecule has 5 aromatic carbocycles. The summed E-state index contributed by atoms with van der Waals surface area (Å²) in [6, 6.07) is 36.7. The van der Waals surface area contributed by atoms with E-state index in [-0.39, 0.29) is 18.2 Å². The molecule has 0 spiro atoms. The van der Waals surface area contributed by atoms with E-state index in [2.05, 4.69) is 16.0 Å². The van der Waals surface area contributed by atoms with Crippen LogP contribution in [0.25, 0.3) is 6.08 Å². The van der Waals surface area contributed by atoms with E-state index in [0.717, 1.165) is 5.56 Å². The number of thioether (sulfide) groups is 1. The summed E-state index contributed by atoms with van der Waals surface area (Å²) in [5.74, 6) is -0.925. The third-order valence-corrected chi connectivity index (χ3v) is 8.86. The normalized spacial score (nSPS) is 11.5. The number of methoxy groups -OCH3 is 2. The number of rotatable bonds is 14. The van der Waals surface area contributed by atoms with Gasteiger partial charge in [-0.05, 0) is 79.2 Å². The molecular formula is C41H37N3O7S. The molecule has 1 unspecified atom stereocenters. The Labute approximate surface area is 306 Å². The first kappa shape index (κ1) is 36.9. The lowest BCUT2D eigenvalue weighted by Crippen LogP contribution is -2.30. The van der Waals surface area contributed by atoms with Gasteiger partial charge in [-0.2, -0.15) is 0 Å². The van der Waals surface area contributed by atoms with Crippen molar-refractivity contribution in [2.45, 2.75) is 17.1 Å². The van der Waals surface area contributed by atoms with Crippen LogP contribution in [0.1, 0.15) is 44.0 Å². The number of amides is 3. The van der Waals surface area contributed by atoms with Gasteiger partial charge in [0.25, 0.3) is 11.8 Å². The minimum Gasteiger partial charge on any atom is -0.493 e. The van der Waals surface area contributed by atoms with E-state index in [9.17, 15) is 19.2 Å². The Morgan fingerprint density at radius 3 is 2.08 bits per heavy atom. The van der Waals surface area contributed by atoms with E-state index in [0.29, 0.717) is 44.5 Å². The smallest absolute Gasteiger partial charge is 0.338 e. The third-order valence-electron chi connectivity index (χ3n) is 7.61. The van der Waals surface area contributed by atoms with Gasteiger partial charge in [-0.3, -0.25) is 14.4 Å². The molecule has 0 saturated carbocycles. The maximum absolute atomic E-state index is 13.8. The minimum atomic E-state index is -0.668. The Morgan fingerprint density at radius 2 is 1.40 bits per heavy atom. The van der Waals surface area contributed by atoms with E-state index < -0.39 is 23.0 Å². The molecule has 0 aromatic heterocycles. The van der Waals surface area contributed by atoms with Gasteiger partial charge in [-0.1, -0.05) is 66.7 Å². The van der Waals surface area contributed by atoms with Crippen molar-refractivity contribution in [1.82, 2.24) is 5.32 Å². The van der Waals surface area contributed by atoms with Crippen LogP contribution in [-0.2, 0) is 14.3 Å². The molecule has 264 valence electrons. The average Bonchev–Trinajstić information content (AvgIpc) is 3.17. The maximum Gasteiger partial charge on any atom is 0.338 e. The summed E-state index contributed by atoms with van der Waals surface area (Å²) < 4.78 is 16.0. The van der Waals surface area contributed by atoms with Crippen molar-refractivity contribution in [3.05, 3.63) is 155 Å². The van der Waals surface area contributed by atoms with Crippen LogP contribution in [0.3, 0.4) is 0 Å². The largest absolute Gasteiger partial charge is 0.493 e. The zero-order valence-electron chi connectivity index (χ0n) is 28.8. The second kappa shape index (κ2) is 18.1. The SMILES string of the molecule is CCOC(=O)c1ccc(NC(=O)C(Sc2cccc(NC(=O)/C(=C\c3cccc(OC)c3OC)NC(=O)c3ccccc3)c2)c2ccccc2)cc1. The number of ether oxygens (including phenoxy) is 3. The zero-order valence-corrected chi connectivity index (χ0v) is 29.6. The number of esters is 1. The fourth-order valence-electron chi connectivity index (χ4n) is 5.12. The fourth-order valence-corrected chi connectivity index (χ4v) is 6.20. The molecule has 0 aliphatic carbocycles. The Hall–Kier alpha value is -6.33. The first-order valence-corrected chi connectivity index (χ1v) is 17.2. The number of carbonyl (C=O) groups excluding carboxylic acids is 4. The zero-order chi connectivity index (χ0) is 36.9. The second-order valence-electron chi connectivity index (χ2n) is 11.1. The van der Waals surface area contributed by atoms with Crippen molar-refractivity contribution in [2.24, 2.45) is 0 Å². The number of anilines is 2. The molecule has 1 atom stereocenters. The van der Waals surface area contributed by atoms with Gasteiger partial charge in [0.15, 0.2) is 11.5 Å². The van der Waals surface area contributed by atoms with Crippen LogP contribution in [0.5, 0.6) is 11.5 Å². The molecule has 11 heteroatoms. The summed E-state index contributed by atoms with van der Waals surface area (Å²) >= 11 is 1.30. The summed E-state index contributed by atoms with van der Waals surface area (Å²) in [5, 5.41) is 7.90. The maximum atomic E-state index is 13.8. The molecule has 3 amide bonds. The van der Waals surface area contributed by atoms with Gasteiger partial charge in [0.05, 0.1) is 26.4 Å². The summed E-state index contributed by atoms with van der Waals surface area (Å²) in [4.78, 5) is 53.5. The van der Waals surface area contributed by atoms with Crippen LogP contribution < -0.4 is 25.4 Å². The first-order valence-electron chi connectivity index (χ1n) is 16.3. The molecule has 0 heterocycles. The molecule has 5 rings (SSSR count). The van der Waals surface area contributed by atoms with Crippen LogP contribution in [0.2, 0.25) is 0 Å². The molecule has 0 fully saturated rings. The van der Waals surface area contributed by atoms with Gasteiger partial charge in [-0.25, -0.2) is 4.79 Å². The van der Waals surface area contributed by atoms with Crippen LogP contribution in [0.15, 0.2) is 138 Å².